The minimum Gasteiger partial charge on any atom is -0.354 e. The zero-order valence-corrected chi connectivity index (χ0v) is 11.6. The van der Waals surface area contributed by atoms with E-state index in [1.165, 1.54) is 17.2 Å². The van der Waals surface area contributed by atoms with E-state index in [1.54, 1.807) is 12.1 Å². The maximum absolute atomic E-state index is 13.4. The number of rotatable bonds is 2. The van der Waals surface area contributed by atoms with E-state index in [9.17, 15) is 4.39 Å². The highest BCUT2D eigenvalue weighted by Crippen LogP contribution is 2.31. The van der Waals surface area contributed by atoms with Gasteiger partial charge >= 0.3 is 0 Å². The van der Waals surface area contributed by atoms with Gasteiger partial charge in [0.15, 0.2) is 0 Å². The number of aromatic nitrogens is 1. The summed E-state index contributed by atoms with van der Waals surface area (Å²) in [5.74, 6) is -0.238. The molecule has 0 spiro atoms. The number of nitrogens with two attached hydrogens (primary N) is 1. The molecule has 0 radical (unpaired) electrons. The number of benzene rings is 2. The third kappa shape index (κ3) is 2.00. The lowest BCUT2D eigenvalue weighted by atomic mass is 10.0. The lowest BCUT2D eigenvalue weighted by Gasteiger charge is -2.06. The van der Waals surface area contributed by atoms with Gasteiger partial charge in [-0.1, -0.05) is 12.1 Å². The van der Waals surface area contributed by atoms with E-state index >= 15 is 0 Å². The van der Waals surface area contributed by atoms with Crippen LogP contribution < -0.4 is 5.73 Å². The number of H-pyrrole nitrogens is 1. The van der Waals surface area contributed by atoms with Gasteiger partial charge in [0.05, 0.1) is 5.69 Å². The SMILES string of the molecule is Cc1ccc(-c2[nH]c3ccc(F)cc3c2CN)cc1C. The number of hydrogen-bond donors (Lipinski definition) is 2. The van der Waals surface area contributed by atoms with Gasteiger partial charge in [0.1, 0.15) is 5.82 Å². The minimum atomic E-state index is -0.238. The van der Waals surface area contributed by atoms with E-state index in [0.717, 1.165) is 27.7 Å². The third-order valence-corrected chi connectivity index (χ3v) is 3.87. The Bertz CT molecular complexity index is 787. The van der Waals surface area contributed by atoms with Crippen LogP contribution in [0.15, 0.2) is 36.4 Å². The monoisotopic (exact) mass is 268 g/mol. The van der Waals surface area contributed by atoms with Crippen LogP contribution in [0.5, 0.6) is 0 Å². The van der Waals surface area contributed by atoms with Gasteiger partial charge in [-0.05, 0) is 60.4 Å². The molecule has 2 aromatic carbocycles. The van der Waals surface area contributed by atoms with Crippen LogP contribution in [0.1, 0.15) is 16.7 Å². The van der Waals surface area contributed by atoms with Crippen molar-refractivity contribution in [3.05, 3.63) is 58.9 Å². The fourth-order valence-electron chi connectivity index (χ4n) is 2.58. The molecular weight excluding hydrogens is 251 g/mol. The molecule has 0 atom stereocenters. The Morgan fingerprint density at radius 1 is 1.05 bits per heavy atom. The van der Waals surface area contributed by atoms with Crippen LogP contribution in [0.2, 0.25) is 0 Å². The number of halogens is 1. The second kappa shape index (κ2) is 4.76. The van der Waals surface area contributed by atoms with Gasteiger partial charge in [-0.25, -0.2) is 4.39 Å². The Balaban J connectivity index is 2.27. The van der Waals surface area contributed by atoms with E-state index < -0.39 is 0 Å². The van der Waals surface area contributed by atoms with Crippen molar-refractivity contribution in [2.45, 2.75) is 20.4 Å². The summed E-state index contributed by atoms with van der Waals surface area (Å²) in [5, 5.41) is 0.862. The number of aryl methyl sites for hydroxylation is 2. The molecular formula is C17H17FN2. The average Bonchev–Trinajstić information content (AvgIpc) is 2.79. The van der Waals surface area contributed by atoms with Crippen LogP contribution in [-0.2, 0) is 6.54 Å². The molecule has 0 saturated carbocycles. The Kier molecular flexibility index (Phi) is 3.07. The molecule has 0 fully saturated rings. The van der Waals surface area contributed by atoms with E-state index in [2.05, 4.69) is 37.0 Å². The van der Waals surface area contributed by atoms with Crippen molar-refractivity contribution in [2.75, 3.05) is 0 Å². The van der Waals surface area contributed by atoms with Crippen LogP contribution in [0.4, 0.5) is 4.39 Å². The first kappa shape index (κ1) is 12.9. The second-order valence-corrected chi connectivity index (χ2v) is 5.17. The molecule has 3 N–H and O–H groups in total. The molecule has 3 rings (SSSR count). The minimum absolute atomic E-state index is 0.238. The Morgan fingerprint density at radius 3 is 2.55 bits per heavy atom. The summed E-state index contributed by atoms with van der Waals surface area (Å²) in [6.45, 7) is 4.55. The fourth-order valence-corrected chi connectivity index (χ4v) is 2.58. The van der Waals surface area contributed by atoms with E-state index in [0.29, 0.717) is 6.54 Å². The second-order valence-electron chi connectivity index (χ2n) is 5.17. The molecule has 0 amide bonds. The van der Waals surface area contributed by atoms with Crippen LogP contribution in [-0.4, -0.2) is 4.98 Å². The van der Waals surface area contributed by atoms with Crippen molar-refractivity contribution >= 4 is 10.9 Å². The number of fused-ring (bicyclic) bond motifs is 1. The van der Waals surface area contributed by atoms with Gasteiger partial charge in [0.25, 0.3) is 0 Å². The van der Waals surface area contributed by atoms with Crippen molar-refractivity contribution < 1.29 is 4.39 Å². The first-order valence-corrected chi connectivity index (χ1v) is 6.68. The highest BCUT2D eigenvalue weighted by atomic mass is 19.1. The van der Waals surface area contributed by atoms with Crippen LogP contribution in [0, 0.1) is 19.7 Å². The summed E-state index contributed by atoms with van der Waals surface area (Å²) in [5.41, 5.74) is 12.3. The van der Waals surface area contributed by atoms with Crippen LogP contribution in [0.25, 0.3) is 22.2 Å². The van der Waals surface area contributed by atoms with Crippen molar-refractivity contribution in [3.8, 4) is 11.3 Å². The number of hydrogen-bond acceptors (Lipinski definition) is 1. The molecule has 102 valence electrons. The first-order chi connectivity index (χ1) is 9.60. The topological polar surface area (TPSA) is 41.8 Å². The molecule has 0 aliphatic heterocycles. The Hall–Kier alpha value is -2.13. The molecule has 1 aromatic heterocycles. The quantitative estimate of drug-likeness (QED) is 0.723. The zero-order chi connectivity index (χ0) is 14.3. The highest BCUT2D eigenvalue weighted by molar-refractivity contribution is 5.90. The molecule has 0 bridgehead atoms. The van der Waals surface area contributed by atoms with Crippen molar-refractivity contribution in [2.24, 2.45) is 5.73 Å². The average molecular weight is 268 g/mol. The fraction of sp³-hybridized carbons (Fsp3) is 0.176. The lowest BCUT2D eigenvalue weighted by molar-refractivity contribution is 0.629. The smallest absolute Gasteiger partial charge is 0.123 e. The summed E-state index contributed by atoms with van der Waals surface area (Å²) >= 11 is 0. The molecule has 3 aromatic rings. The largest absolute Gasteiger partial charge is 0.354 e. The van der Waals surface area contributed by atoms with E-state index in [1.807, 2.05) is 0 Å². The molecule has 0 aliphatic carbocycles. The normalized spacial score (nSPS) is 11.2. The van der Waals surface area contributed by atoms with Gasteiger partial charge in [0, 0.05) is 17.4 Å². The van der Waals surface area contributed by atoms with Gasteiger partial charge < -0.3 is 10.7 Å². The zero-order valence-electron chi connectivity index (χ0n) is 11.6. The van der Waals surface area contributed by atoms with Crippen molar-refractivity contribution in [3.63, 3.8) is 0 Å². The molecule has 3 heteroatoms. The van der Waals surface area contributed by atoms with Crippen LogP contribution in [0.3, 0.4) is 0 Å². The lowest BCUT2D eigenvalue weighted by Crippen LogP contribution is -1.97. The molecule has 2 nitrogen and oxygen atoms in total. The maximum Gasteiger partial charge on any atom is 0.123 e. The summed E-state index contributed by atoms with van der Waals surface area (Å²) in [6, 6.07) is 11.1. The third-order valence-electron chi connectivity index (χ3n) is 3.87. The van der Waals surface area contributed by atoms with Gasteiger partial charge in [0.2, 0.25) is 0 Å². The standard InChI is InChI=1S/C17H17FN2/c1-10-3-4-12(7-11(10)2)17-15(9-19)14-8-13(18)5-6-16(14)20-17/h3-8,20H,9,19H2,1-2H3. The number of nitrogens with one attached hydrogen (secondary N) is 1. The summed E-state index contributed by atoms with van der Waals surface area (Å²) in [7, 11) is 0. The molecule has 0 aliphatic rings. The van der Waals surface area contributed by atoms with Crippen molar-refractivity contribution in [1.29, 1.82) is 0 Å². The Morgan fingerprint density at radius 2 is 1.85 bits per heavy atom. The summed E-state index contributed by atoms with van der Waals surface area (Å²) in [6.07, 6.45) is 0. The van der Waals surface area contributed by atoms with Gasteiger partial charge in [-0.3, -0.25) is 0 Å². The summed E-state index contributed by atoms with van der Waals surface area (Å²) in [4.78, 5) is 3.36. The molecule has 20 heavy (non-hydrogen) atoms. The van der Waals surface area contributed by atoms with Crippen molar-refractivity contribution in [1.82, 2.24) is 4.98 Å². The van der Waals surface area contributed by atoms with Gasteiger partial charge in [-0.2, -0.15) is 0 Å². The number of aromatic amines is 1. The predicted octanol–water partition coefficient (Wildman–Crippen LogP) is 4.05. The summed E-state index contributed by atoms with van der Waals surface area (Å²) < 4.78 is 13.4. The Labute approximate surface area is 117 Å². The predicted molar refractivity (Wildman–Crippen MR) is 81.1 cm³/mol. The van der Waals surface area contributed by atoms with Gasteiger partial charge in [-0.15, -0.1) is 0 Å². The first-order valence-electron chi connectivity index (χ1n) is 6.68. The molecule has 1 heterocycles. The van der Waals surface area contributed by atoms with E-state index in [4.69, 9.17) is 5.73 Å². The molecule has 0 unspecified atom stereocenters. The van der Waals surface area contributed by atoms with E-state index in [-0.39, 0.29) is 5.82 Å². The highest BCUT2D eigenvalue weighted by Gasteiger charge is 2.13. The van der Waals surface area contributed by atoms with Crippen LogP contribution >= 0.6 is 0 Å². The molecule has 0 saturated heterocycles. The maximum atomic E-state index is 13.4.